The molecule has 55 heavy (non-hydrogen) atoms. The average molecular weight is 789 g/mol. The van der Waals surface area contributed by atoms with E-state index in [9.17, 15) is 19.1 Å². The lowest BCUT2D eigenvalue weighted by Gasteiger charge is -2.27. The summed E-state index contributed by atoms with van der Waals surface area (Å²) in [7, 11) is -4.63. The molecule has 1 aromatic carbocycles. The second kappa shape index (κ2) is 23.3. The number of anilines is 1. The van der Waals surface area contributed by atoms with Gasteiger partial charge >= 0.3 is 7.82 Å². The molecule has 0 bridgehead atoms. The molecule has 0 saturated carbocycles. The monoisotopic (exact) mass is 788 g/mol. The third-order valence-corrected chi connectivity index (χ3v) is 11.1. The predicted molar refractivity (Wildman–Crippen MR) is 209 cm³/mol. The lowest BCUT2D eigenvalue weighted by atomic mass is 10.0. The Bertz CT molecular complexity index is 1670. The summed E-state index contributed by atoms with van der Waals surface area (Å²) in [5, 5.41) is 13.5. The van der Waals surface area contributed by atoms with Gasteiger partial charge in [-0.3, -0.25) is 9.05 Å². The zero-order valence-electron chi connectivity index (χ0n) is 32.7. The quantitative estimate of drug-likeness (QED) is 0.0469. The maximum absolute atomic E-state index is 14.1. The van der Waals surface area contributed by atoms with E-state index in [4.69, 9.17) is 34.7 Å². The van der Waals surface area contributed by atoms with Crippen molar-refractivity contribution in [3.8, 4) is 6.07 Å². The van der Waals surface area contributed by atoms with Gasteiger partial charge in [-0.25, -0.2) is 18.5 Å². The topological polar surface area (TPSA) is 189 Å². The molecule has 1 fully saturated rings. The number of hydrogen-bond donors (Lipinski definition) is 3. The van der Waals surface area contributed by atoms with Crippen LogP contribution in [0.3, 0.4) is 0 Å². The molecule has 1 aliphatic heterocycles. The van der Waals surface area contributed by atoms with E-state index in [1.165, 1.54) is 95.5 Å². The molecule has 15 heteroatoms. The molecule has 4 rings (SSSR count). The zero-order valence-corrected chi connectivity index (χ0v) is 33.6. The van der Waals surface area contributed by atoms with Crippen LogP contribution in [0.25, 0.3) is 5.52 Å². The van der Waals surface area contributed by atoms with Gasteiger partial charge in [0.05, 0.1) is 36.6 Å². The Kier molecular flexibility index (Phi) is 18.9. The minimum absolute atomic E-state index is 0.0736. The van der Waals surface area contributed by atoms with Gasteiger partial charge in [0.15, 0.2) is 5.82 Å². The van der Waals surface area contributed by atoms with Crippen molar-refractivity contribution in [3.63, 3.8) is 0 Å². The van der Waals surface area contributed by atoms with Crippen molar-refractivity contribution in [2.45, 2.75) is 154 Å². The van der Waals surface area contributed by atoms with E-state index >= 15 is 0 Å². The highest BCUT2D eigenvalue weighted by Crippen LogP contribution is 2.46. The summed E-state index contributed by atoms with van der Waals surface area (Å²) < 4.78 is 57.7. The second-order valence-electron chi connectivity index (χ2n) is 14.8. The minimum Gasteiger partial charge on any atom is -0.382 e. The molecule has 5 N–H and O–H groups in total. The summed E-state index contributed by atoms with van der Waals surface area (Å²) in [5.74, 6) is -0.236. The molecule has 0 radical (unpaired) electrons. The van der Waals surface area contributed by atoms with Gasteiger partial charge in [-0.05, 0) is 62.1 Å². The average Bonchev–Trinajstić information content (AvgIpc) is 3.78. The predicted octanol–water partition coefficient (Wildman–Crippen LogP) is 8.82. The van der Waals surface area contributed by atoms with Crippen LogP contribution in [0, 0.1) is 17.1 Å². The van der Waals surface area contributed by atoms with Gasteiger partial charge in [0.25, 0.3) is 0 Å². The van der Waals surface area contributed by atoms with Crippen LogP contribution in [0.2, 0.25) is 0 Å². The number of ether oxygens (including phenoxy) is 3. The Hall–Kier alpha value is -2.99. The molecule has 0 aliphatic carbocycles. The number of nitriles is 1. The molecule has 13 nitrogen and oxygen atoms in total. The number of unbranched alkanes of at least 4 members (excludes halogenated alkanes) is 14. The summed E-state index contributed by atoms with van der Waals surface area (Å²) in [6.07, 6.45) is 19.4. The lowest BCUT2D eigenvalue weighted by molar-refractivity contribution is -0.0958. The first-order valence-electron chi connectivity index (χ1n) is 20.1. The third kappa shape index (κ3) is 15.5. The van der Waals surface area contributed by atoms with Crippen LogP contribution in [0.5, 0.6) is 0 Å². The highest BCUT2D eigenvalue weighted by molar-refractivity contribution is 7.47. The van der Waals surface area contributed by atoms with Crippen LogP contribution in [0.15, 0.2) is 36.7 Å². The van der Waals surface area contributed by atoms with Crippen molar-refractivity contribution >= 4 is 19.2 Å². The van der Waals surface area contributed by atoms with Crippen LogP contribution in [0.4, 0.5) is 10.2 Å². The first kappa shape index (κ1) is 44.7. The van der Waals surface area contributed by atoms with E-state index < -0.39 is 44.3 Å². The van der Waals surface area contributed by atoms with Crippen LogP contribution in [0.1, 0.15) is 146 Å². The van der Waals surface area contributed by atoms with E-state index in [0.717, 1.165) is 31.0 Å². The first-order chi connectivity index (χ1) is 26.5. The molecule has 0 amide bonds. The molecule has 5 atom stereocenters. The highest BCUT2D eigenvalue weighted by atomic mass is 31.2. The Balaban J connectivity index is 1.19. The molecule has 1 aliphatic rings. The molecule has 1 unspecified atom stereocenters. The first-order valence-corrected chi connectivity index (χ1v) is 21.6. The molecule has 1 saturated heterocycles. The second-order valence-corrected chi connectivity index (χ2v) is 16.2. The van der Waals surface area contributed by atoms with Crippen molar-refractivity contribution in [2.75, 3.05) is 25.6 Å². The molecule has 0 spiro atoms. The van der Waals surface area contributed by atoms with Gasteiger partial charge in [-0.2, -0.15) is 10.4 Å². The number of hydrogen-bond acceptors (Lipinski definition) is 11. The van der Waals surface area contributed by atoms with E-state index in [1.807, 2.05) is 12.1 Å². The fourth-order valence-corrected chi connectivity index (χ4v) is 7.67. The summed E-state index contributed by atoms with van der Waals surface area (Å²) in [6.45, 7) is 3.69. The smallest absolute Gasteiger partial charge is 0.382 e. The minimum atomic E-state index is -4.63. The van der Waals surface area contributed by atoms with Crippen LogP contribution in [-0.4, -0.2) is 57.2 Å². The lowest BCUT2D eigenvalue weighted by Crippen LogP contribution is -2.43. The molecule has 306 valence electrons. The molecule has 3 heterocycles. The van der Waals surface area contributed by atoms with Gasteiger partial charge in [0.2, 0.25) is 0 Å². The number of rotatable bonds is 28. The largest absolute Gasteiger partial charge is 0.472 e. The maximum atomic E-state index is 14.1. The normalized spacial score (nSPS) is 19.4. The summed E-state index contributed by atoms with van der Waals surface area (Å²) in [6, 6.07) is 9.48. The Morgan fingerprint density at radius 3 is 2.33 bits per heavy atom. The number of phosphoric acid groups is 1. The summed E-state index contributed by atoms with van der Waals surface area (Å²) >= 11 is 0. The number of fused-ring (bicyclic) bond motifs is 1. The Morgan fingerprint density at radius 1 is 1.02 bits per heavy atom. The van der Waals surface area contributed by atoms with Crippen molar-refractivity contribution < 1.29 is 37.1 Å². The SMILES string of the molecule is CCCCCCCCCCCCCCCCCO[C@@H](C)[C@H](COP(=O)(O)OC[C@]1(N)CC[C@H](c2ccc3c(N)ncnn23)O1)OCc1cc(F)cc(C#N)c1. The Labute approximate surface area is 325 Å². The maximum Gasteiger partial charge on any atom is 0.472 e. The third-order valence-electron chi connectivity index (χ3n) is 10.1. The van der Waals surface area contributed by atoms with Crippen LogP contribution < -0.4 is 11.5 Å². The van der Waals surface area contributed by atoms with Gasteiger partial charge in [-0.15, -0.1) is 0 Å². The van der Waals surface area contributed by atoms with E-state index in [0.29, 0.717) is 36.3 Å². The standard InChI is InChI=1S/C40H62FN6O7P/c1-3-4-5-6-7-8-9-10-11-12-13-14-15-16-17-22-50-31(2)38(51-27-33-23-32(26-42)24-34(41)25-33)28-52-55(48,49)53-29-40(44)21-20-37(54-40)35-18-19-36-39(43)45-30-46-47(35)36/h18-19,23-25,30-31,37-38H,3-17,20-22,27-29,44H2,1-2H3,(H,48,49)(H2,43,45,46)/t31-,37+,38-,40-/m0/s1. The number of benzene rings is 1. The number of halogens is 1. The van der Waals surface area contributed by atoms with Crippen molar-refractivity contribution in [2.24, 2.45) is 5.73 Å². The molecule has 3 aromatic rings. The van der Waals surface area contributed by atoms with E-state index in [1.54, 1.807) is 17.5 Å². The fraction of sp³-hybridized carbons (Fsp3) is 0.675. The number of nitrogens with two attached hydrogens (primary N) is 2. The van der Waals surface area contributed by atoms with Gasteiger partial charge in [0.1, 0.15) is 42.2 Å². The molecular weight excluding hydrogens is 726 g/mol. The summed E-state index contributed by atoms with van der Waals surface area (Å²) in [5.41, 5.74) is 13.0. The van der Waals surface area contributed by atoms with E-state index in [-0.39, 0.29) is 18.8 Å². The van der Waals surface area contributed by atoms with Crippen LogP contribution >= 0.6 is 7.82 Å². The van der Waals surface area contributed by atoms with E-state index in [2.05, 4.69) is 17.0 Å². The van der Waals surface area contributed by atoms with Gasteiger partial charge in [0, 0.05) is 6.61 Å². The molecular formula is C40H62FN6O7P. The van der Waals surface area contributed by atoms with Crippen molar-refractivity contribution in [1.82, 2.24) is 14.6 Å². The molecule has 2 aromatic heterocycles. The number of nitrogen functional groups attached to an aromatic ring is 1. The van der Waals surface area contributed by atoms with Crippen molar-refractivity contribution in [3.05, 3.63) is 59.3 Å². The zero-order chi connectivity index (χ0) is 39.5. The Morgan fingerprint density at radius 2 is 1.67 bits per heavy atom. The number of phosphoric ester groups is 1. The van der Waals surface area contributed by atoms with Crippen molar-refractivity contribution in [1.29, 1.82) is 5.26 Å². The van der Waals surface area contributed by atoms with Gasteiger partial charge < -0.3 is 30.6 Å². The van der Waals surface area contributed by atoms with Gasteiger partial charge in [-0.1, -0.05) is 96.8 Å². The summed E-state index contributed by atoms with van der Waals surface area (Å²) in [4.78, 5) is 14.6. The highest BCUT2D eigenvalue weighted by Gasteiger charge is 2.41. The number of aromatic nitrogens is 3. The number of nitrogens with zero attached hydrogens (tertiary/aromatic N) is 4. The fourth-order valence-electron chi connectivity index (χ4n) is 6.87. The van der Waals surface area contributed by atoms with Crippen LogP contribution in [-0.2, 0) is 34.4 Å².